The van der Waals surface area contributed by atoms with E-state index >= 15 is 0 Å². The number of benzene rings is 1. The van der Waals surface area contributed by atoms with Crippen molar-refractivity contribution in [1.29, 1.82) is 0 Å². The number of hydrogen-bond acceptors (Lipinski definition) is 6. The maximum atomic E-state index is 12.5. The summed E-state index contributed by atoms with van der Waals surface area (Å²) in [4.78, 5) is 16.7. The van der Waals surface area contributed by atoms with Crippen LogP contribution in [0.2, 0.25) is 0 Å². The molecule has 2 aromatic heterocycles. The quantitative estimate of drug-likeness (QED) is 0.766. The summed E-state index contributed by atoms with van der Waals surface area (Å²) in [6.45, 7) is 0. The van der Waals surface area contributed by atoms with E-state index in [1.807, 2.05) is 0 Å². The standard InChI is InChI=1S/C15H14N4O4S/c1-23-13-8-10(24(2,21)22)4-5-12(13)18-15(20)11-9-17-19-7-3-6-16-14(11)19/h3-9H,1-2H3,(H,18,20). The number of hydrogen-bond donors (Lipinski definition) is 1. The highest BCUT2D eigenvalue weighted by atomic mass is 32.2. The van der Waals surface area contributed by atoms with Crippen molar-refractivity contribution in [3.05, 3.63) is 48.4 Å². The van der Waals surface area contributed by atoms with Gasteiger partial charge in [-0.1, -0.05) is 0 Å². The Morgan fingerprint density at radius 2 is 2.12 bits per heavy atom. The van der Waals surface area contributed by atoms with Crippen LogP contribution in [0.3, 0.4) is 0 Å². The Morgan fingerprint density at radius 1 is 1.33 bits per heavy atom. The van der Waals surface area contributed by atoms with Gasteiger partial charge in [0.25, 0.3) is 5.91 Å². The van der Waals surface area contributed by atoms with Crippen molar-refractivity contribution in [3.63, 3.8) is 0 Å². The largest absolute Gasteiger partial charge is 0.495 e. The van der Waals surface area contributed by atoms with Gasteiger partial charge in [-0.15, -0.1) is 0 Å². The van der Waals surface area contributed by atoms with Crippen molar-refractivity contribution in [3.8, 4) is 5.75 Å². The summed E-state index contributed by atoms with van der Waals surface area (Å²) in [7, 11) is -1.97. The van der Waals surface area contributed by atoms with Gasteiger partial charge in [0.05, 0.1) is 23.9 Å². The number of fused-ring (bicyclic) bond motifs is 1. The van der Waals surface area contributed by atoms with E-state index < -0.39 is 15.7 Å². The molecule has 3 rings (SSSR count). The number of nitrogens with one attached hydrogen (secondary N) is 1. The maximum absolute atomic E-state index is 12.5. The summed E-state index contributed by atoms with van der Waals surface area (Å²) in [5.41, 5.74) is 1.07. The molecule has 0 atom stereocenters. The molecule has 0 unspecified atom stereocenters. The van der Waals surface area contributed by atoms with Gasteiger partial charge in [0.1, 0.15) is 11.3 Å². The molecule has 3 aromatic rings. The van der Waals surface area contributed by atoms with Crippen molar-refractivity contribution < 1.29 is 17.9 Å². The Balaban J connectivity index is 1.94. The van der Waals surface area contributed by atoms with Crippen LogP contribution in [0.15, 0.2) is 47.8 Å². The van der Waals surface area contributed by atoms with Gasteiger partial charge < -0.3 is 10.1 Å². The summed E-state index contributed by atoms with van der Waals surface area (Å²) >= 11 is 0. The van der Waals surface area contributed by atoms with E-state index in [-0.39, 0.29) is 10.6 Å². The highest BCUT2D eigenvalue weighted by Crippen LogP contribution is 2.28. The van der Waals surface area contributed by atoms with Crippen molar-refractivity contribution in [2.45, 2.75) is 4.90 Å². The van der Waals surface area contributed by atoms with Crippen molar-refractivity contribution in [2.24, 2.45) is 0 Å². The Bertz CT molecular complexity index is 1030. The lowest BCUT2D eigenvalue weighted by molar-refractivity contribution is 0.102. The van der Waals surface area contributed by atoms with E-state index in [9.17, 15) is 13.2 Å². The molecule has 1 N–H and O–H groups in total. The highest BCUT2D eigenvalue weighted by molar-refractivity contribution is 7.90. The first-order valence-electron chi connectivity index (χ1n) is 6.88. The first-order chi connectivity index (χ1) is 11.4. The number of sulfone groups is 1. The number of ether oxygens (including phenoxy) is 1. The third kappa shape index (κ3) is 2.93. The lowest BCUT2D eigenvalue weighted by atomic mass is 10.2. The van der Waals surface area contributed by atoms with Gasteiger partial charge >= 0.3 is 0 Å². The zero-order valence-corrected chi connectivity index (χ0v) is 13.7. The second-order valence-electron chi connectivity index (χ2n) is 5.03. The van der Waals surface area contributed by atoms with Crippen LogP contribution >= 0.6 is 0 Å². The second-order valence-corrected chi connectivity index (χ2v) is 7.05. The molecule has 0 aliphatic heterocycles. The number of methoxy groups -OCH3 is 1. The van der Waals surface area contributed by atoms with Crippen LogP contribution in [0.4, 0.5) is 5.69 Å². The van der Waals surface area contributed by atoms with Gasteiger partial charge in [-0.25, -0.2) is 17.9 Å². The Kier molecular flexibility index (Phi) is 3.94. The van der Waals surface area contributed by atoms with Gasteiger partial charge in [-0.2, -0.15) is 5.10 Å². The zero-order chi connectivity index (χ0) is 17.3. The smallest absolute Gasteiger partial charge is 0.261 e. The molecule has 0 saturated heterocycles. The summed E-state index contributed by atoms with van der Waals surface area (Å²) in [6, 6.07) is 5.95. The van der Waals surface area contributed by atoms with Crippen LogP contribution in [0.5, 0.6) is 5.75 Å². The molecule has 1 amide bonds. The predicted octanol–water partition coefficient (Wildman–Crippen LogP) is 1.39. The first kappa shape index (κ1) is 15.9. The monoisotopic (exact) mass is 346 g/mol. The van der Waals surface area contributed by atoms with Crippen LogP contribution in [0.1, 0.15) is 10.4 Å². The van der Waals surface area contributed by atoms with E-state index in [0.717, 1.165) is 6.26 Å². The van der Waals surface area contributed by atoms with Crippen LogP contribution in [-0.2, 0) is 9.84 Å². The Morgan fingerprint density at radius 3 is 2.83 bits per heavy atom. The average Bonchev–Trinajstić information content (AvgIpc) is 2.98. The normalized spacial score (nSPS) is 11.4. The number of aromatic nitrogens is 3. The summed E-state index contributed by atoms with van der Waals surface area (Å²) < 4.78 is 29.9. The number of rotatable bonds is 4. The molecule has 9 heteroatoms. The fourth-order valence-corrected chi connectivity index (χ4v) is 2.82. The molecule has 2 heterocycles. The van der Waals surface area contributed by atoms with Gasteiger partial charge in [0.15, 0.2) is 15.5 Å². The number of amides is 1. The highest BCUT2D eigenvalue weighted by Gasteiger charge is 2.17. The molecule has 1 aromatic carbocycles. The zero-order valence-electron chi connectivity index (χ0n) is 12.9. The number of carbonyl (C=O) groups excluding carboxylic acids is 1. The van der Waals surface area contributed by atoms with Gasteiger partial charge in [-0.3, -0.25) is 4.79 Å². The number of anilines is 1. The summed E-state index contributed by atoms with van der Waals surface area (Å²) in [5.74, 6) is -0.176. The van der Waals surface area contributed by atoms with Crippen molar-refractivity contribution in [1.82, 2.24) is 14.6 Å². The van der Waals surface area contributed by atoms with E-state index in [0.29, 0.717) is 16.9 Å². The Labute approximate surface area is 138 Å². The molecule has 0 saturated carbocycles. The molecule has 24 heavy (non-hydrogen) atoms. The molecule has 8 nitrogen and oxygen atoms in total. The van der Waals surface area contributed by atoms with E-state index in [1.54, 1.807) is 18.5 Å². The fourth-order valence-electron chi connectivity index (χ4n) is 2.18. The van der Waals surface area contributed by atoms with E-state index in [4.69, 9.17) is 4.74 Å². The third-order valence-electron chi connectivity index (χ3n) is 3.37. The van der Waals surface area contributed by atoms with Crippen molar-refractivity contribution >= 4 is 27.1 Å². The SMILES string of the molecule is COc1cc(S(C)(=O)=O)ccc1NC(=O)c1cnn2cccnc12. The molecular formula is C15H14N4O4S. The fraction of sp³-hybridized carbons (Fsp3) is 0.133. The molecule has 0 spiro atoms. The molecule has 0 aliphatic carbocycles. The van der Waals surface area contributed by atoms with Gasteiger partial charge in [0, 0.05) is 24.7 Å². The lowest BCUT2D eigenvalue weighted by Crippen LogP contribution is -2.13. The van der Waals surface area contributed by atoms with E-state index in [2.05, 4.69) is 15.4 Å². The van der Waals surface area contributed by atoms with Crippen LogP contribution in [0.25, 0.3) is 5.65 Å². The summed E-state index contributed by atoms with van der Waals surface area (Å²) in [5, 5.41) is 6.74. The molecule has 0 fully saturated rings. The number of nitrogens with zero attached hydrogens (tertiary/aromatic N) is 3. The average molecular weight is 346 g/mol. The predicted molar refractivity (Wildman–Crippen MR) is 87.0 cm³/mol. The molecule has 0 radical (unpaired) electrons. The molecule has 124 valence electrons. The maximum Gasteiger partial charge on any atom is 0.261 e. The number of carbonyl (C=O) groups is 1. The van der Waals surface area contributed by atoms with E-state index in [1.165, 1.54) is 36.0 Å². The molecular weight excluding hydrogens is 332 g/mol. The minimum atomic E-state index is -3.37. The first-order valence-corrected chi connectivity index (χ1v) is 8.77. The third-order valence-corrected chi connectivity index (χ3v) is 4.48. The van der Waals surface area contributed by atoms with Crippen LogP contribution < -0.4 is 10.1 Å². The molecule has 0 aliphatic rings. The minimum Gasteiger partial charge on any atom is -0.495 e. The minimum absolute atomic E-state index is 0.106. The van der Waals surface area contributed by atoms with Gasteiger partial charge in [-0.05, 0) is 18.2 Å². The molecule has 0 bridgehead atoms. The van der Waals surface area contributed by atoms with Crippen LogP contribution in [-0.4, -0.2) is 42.3 Å². The van der Waals surface area contributed by atoms with Gasteiger partial charge in [0.2, 0.25) is 0 Å². The summed E-state index contributed by atoms with van der Waals surface area (Å²) in [6.07, 6.45) is 5.76. The topological polar surface area (TPSA) is 103 Å². The van der Waals surface area contributed by atoms with Crippen molar-refractivity contribution in [2.75, 3.05) is 18.7 Å². The van der Waals surface area contributed by atoms with Crippen LogP contribution in [0, 0.1) is 0 Å². The Hall–Kier alpha value is -2.94. The second kappa shape index (κ2) is 5.93. The lowest BCUT2D eigenvalue weighted by Gasteiger charge is -2.11.